The number of ketones is 1. The summed E-state index contributed by atoms with van der Waals surface area (Å²) in [4.78, 5) is 15.1. The molecule has 0 spiro atoms. The molecule has 0 radical (unpaired) electrons. The first-order valence-electron chi connectivity index (χ1n) is 10.5. The molecule has 1 fully saturated rings. The zero-order valence-electron chi connectivity index (χ0n) is 17.6. The normalized spacial score (nSPS) is 14.2. The van der Waals surface area contributed by atoms with E-state index in [9.17, 15) is 4.79 Å². The SMILES string of the molecule is COc1ccc(/C=C/C(=O)c2ccc(N3CCCCC3)cc2)cc1Cn1cc(Br)cn1. The van der Waals surface area contributed by atoms with Gasteiger partial charge in [0.2, 0.25) is 0 Å². The van der Waals surface area contributed by atoms with Crippen molar-refractivity contribution in [1.29, 1.82) is 0 Å². The number of halogens is 1. The predicted molar refractivity (Wildman–Crippen MR) is 128 cm³/mol. The van der Waals surface area contributed by atoms with E-state index >= 15 is 0 Å². The first kappa shape index (κ1) is 21.4. The third-order valence-corrected chi connectivity index (χ3v) is 5.95. The number of rotatable bonds is 7. The minimum Gasteiger partial charge on any atom is -0.496 e. The average molecular weight is 480 g/mol. The largest absolute Gasteiger partial charge is 0.496 e. The van der Waals surface area contributed by atoms with Gasteiger partial charge >= 0.3 is 0 Å². The van der Waals surface area contributed by atoms with Gasteiger partial charge in [-0.3, -0.25) is 9.48 Å². The van der Waals surface area contributed by atoms with Gasteiger partial charge in [-0.2, -0.15) is 5.10 Å². The number of methoxy groups -OCH3 is 1. The highest BCUT2D eigenvalue weighted by molar-refractivity contribution is 9.10. The lowest BCUT2D eigenvalue weighted by Crippen LogP contribution is -2.29. The van der Waals surface area contributed by atoms with Crippen molar-refractivity contribution in [1.82, 2.24) is 9.78 Å². The van der Waals surface area contributed by atoms with E-state index < -0.39 is 0 Å². The Morgan fingerprint density at radius 2 is 1.90 bits per heavy atom. The summed E-state index contributed by atoms with van der Waals surface area (Å²) in [7, 11) is 1.66. The van der Waals surface area contributed by atoms with Crippen molar-refractivity contribution in [3.05, 3.63) is 82.1 Å². The number of nitrogens with zero attached hydrogens (tertiary/aromatic N) is 3. The first-order valence-corrected chi connectivity index (χ1v) is 11.3. The van der Waals surface area contributed by atoms with Crippen molar-refractivity contribution in [2.45, 2.75) is 25.8 Å². The van der Waals surface area contributed by atoms with Gasteiger partial charge in [-0.1, -0.05) is 12.1 Å². The molecule has 0 atom stereocenters. The van der Waals surface area contributed by atoms with E-state index in [0.29, 0.717) is 12.1 Å². The summed E-state index contributed by atoms with van der Waals surface area (Å²) in [5.41, 5.74) is 3.84. The molecule has 0 saturated carbocycles. The molecule has 1 aromatic heterocycles. The zero-order valence-corrected chi connectivity index (χ0v) is 19.2. The highest BCUT2D eigenvalue weighted by Crippen LogP contribution is 2.23. The van der Waals surface area contributed by atoms with Crippen molar-refractivity contribution < 1.29 is 9.53 Å². The summed E-state index contributed by atoms with van der Waals surface area (Å²) >= 11 is 3.42. The molecule has 3 aromatic rings. The molecular formula is C25H26BrN3O2. The standard InChI is InChI=1S/C25H26BrN3O2/c1-31-25-12-6-19(15-21(25)17-29-18-22(26)16-27-29)5-11-24(30)20-7-9-23(10-8-20)28-13-3-2-4-14-28/h5-12,15-16,18H,2-4,13-14,17H2,1H3/b11-5+. The van der Waals surface area contributed by atoms with E-state index in [1.54, 1.807) is 19.4 Å². The molecule has 0 amide bonds. The minimum absolute atomic E-state index is 0.00132. The van der Waals surface area contributed by atoms with Gasteiger partial charge in [-0.25, -0.2) is 0 Å². The lowest BCUT2D eigenvalue weighted by Gasteiger charge is -2.28. The van der Waals surface area contributed by atoms with Crippen LogP contribution in [0.1, 0.15) is 40.7 Å². The third-order valence-electron chi connectivity index (χ3n) is 5.54. The average Bonchev–Trinajstić information content (AvgIpc) is 3.22. The predicted octanol–water partition coefficient (Wildman–Crippen LogP) is 5.59. The summed E-state index contributed by atoms with van der Waals surface area (Å²) in [6, 6.07) is 13.9. The maximum atomic E-state index is 12.7. The van der Waals surface area contributed by atoms with Gasteiger partial charge in [0.15, 0.2) is 5.78 Å². The maximum Gasteiger partial charge on any atom is 0.185 e. The second kappa shape index (κ2) is 9.96. The second-order valence-corrected chi connectivity index (χ2v) is 8.64. The Bertz CT molecular complexity index is 1070. The topological polar surface area (TPSA) is 47.4 Å². The number of allylic oxidation sites excluding steroid dienone is 1. The molecule has 0 unspecified atom stereocenters. The lowest BCUT2D eigenvalue weighted by atomic mass is 10.1. The van der Waals surface area contributed by atoms with Crippen LogP contribution in [-0.2, 0) is 6.54 Å². The molecule has 1 saturated heterocycles. The van der Waals surface area contributed by atoms with Crippen LogP contribution < -0.4 is 9.64 Å². The van der Waals surface area contributed by atoms with Crippen molar-refractivity contribution in [3.63, 3.8) is 0 Å². The van der Waals surface area contributed by atoms with Crippen LogP contribution in [0.15, 0.2) is 65.4 Å². The second-order valence-electron chi connectivity index (χ2n) is 7.72. The van der Waals surface area contributed by atoms with E-state index in [2.05, 4.69) is 38.1 Å². The number of anilines is 1. The van der Waals surface area contributed by atoms with Crippen molar-refractivity contribution in [2.75, 3.05) is 25.1 Å². The van der Waals surface area contributed by atoms with Crippen LogP contribution in [0, 0.1) is 0 Å². The molecule has 2 heterocycles. The molecule has 0 aliphatic carbocycles. The quantitative estimate of drug-likeness (QED) is 0.327. The number of aromatic nitrogens is 2. The molecular weight excluding hydrogens is 454 g/mol. The molecule has 5 nitrogen and oxygen atoms in total. The van der Waals surface area contributed by atoms with Crippen molar-refractivity contribution in [3.8, 4) is 5.75 Å². The Morgan fingerprint density at radius 1 is 1.13 bits per heavy atom. The van der Waals surface area contributed by atoms with Gasteiger partial charge in [0.05, 0.1) is 24.3 Å². The highest BCUT2D eigenvalue weighted by atomic mass is 79.9. The zero-order chi connectivity index (χ0) is 21.6. The first-order chi connectivity index (χ1) is 15.1. The van der Waals surface area contributed by atoms with E-state index in [1.165, 1.54) is 24.9 Å². The fourth-order valence-corrected chi connectivity index (χ4v) is 4.21. The number of carbonyl (C=O) groups is 1. The molecule has 2 aromatic carbocycles. The lowest BCUT2D eigenvalue weighted by molar-refractivity contribution is 0.104. The van der Waals surface area contributed by atoms with E-state index in [1.807, 2.05) is 47.3 Å². The number of hydrogen-bond acceptors (Lipinski definition) is 4. The van der Waals surface area contributed by atoms with Gasteiger partial charge < -0.3 is 9.64 Å². The van der Waals surface area contributed by atoms with Crippen LogP contribution in [0.5, 0.6) is 5.75 Å². The fraction of sp³-hybridized carbons (Fsp3) is 0.280. The molecule has 0 bridgehead atoms. The molecule has 1 aliphatic rings. The van der Waals surface area contributed by atoms with Crippen LogP contribution in [0.3, 0.4) is 0 Å². The van der Waals surface area contributed by atoms with Crippen LogP contribution in [0.4, 0.5) is 5.69 Å². The van der Waals surface area contributed by atoms with Gasteiger partial charge in [-0.15, -0.1) is 0 Å². The number of benzene rings is 2. The Morgan fingerprint density at radius 3 is 2.58 bits per heavy atom. The number of carbonyl (C=O) groups excluding carboxylic acids is 1. The van der Waals surface area contributed by atoms with Crippen LogP contribution in [-0.4, -0.2) is 35.8 Å². The van der Waals surface area contributed by atoms with Crippen molar-refractivity contribution >= 4 is 33.5 Å². The summed E-state index contributed by atoms with van der Waals surface area (Å²) in [5, 5.41) is 4.31. The summed E-state index contributed by atoms with van der Waals surface area (Å²) < 4.78 is 8.26. The van der Waals surface area contributed by atoms with E-state index in [0.717, 1.165) is 34.4 Å². The smallest absolute Gasteiger partial charge is 0.185 e. The Labute approximate surface area is 191 Å². The summed E-state index contributed by atoms with van der Waals surface area (Å²) in [5.74, 6) is 0.793. The minimum atomic E-state index is -0.00132. The van der Waals surface area contributed by atoms with Crippen LogP contribution in [0.2, 0.25) is 0 Å². The molecule has 160 valence electrons. The monoisotopic (exact) mass is 479 g/mol. The van der Waals surface area contributed by atoms with Gasteiger partial charge in [-0.05, 0) is 83.2 Å². The van der Waals surface area contributed by atoms with Crippen molar-refractivity contribution in [2.24, 2.45) is 0 Å². The van der Waals surface area contributed by atoms with Gasteiger partial charge in [0.1, 0.15) is 5.75 Å². The molecule has 4 rings (SSSR count). The Balaban J connectivity index is 1.46. The fourth-order valence-electron chi connectivity index (χ4n) is 3.88. The van der Waals surface area contributed by atoms with Gasteiger partial charge in [0.25, 0.3) is 0 Å². The Hall–Kier alpha value is -2.86. The summed E-state index contributed by atoms with van der Waals surface area (Å²) in [6.07, 6.45) is 10.9. The van der Waals surface area contributed by atoms with Crippen LogP contribution >= 0.6 is 15.9 Å². The highest BCUT2D eigenvalue weighted by Gasteiger charge is 2.11. The van der Waals surface area contributed by atoms with E-state index in [-0.39, 0.29) is 5.78 Å². The number of hydrogen-bond donors (Lipinski definition) is 0. The third kappa shape index (κ3) is 5.44. The van der Waals surface area contributed by atoms with Gasteiger partial charge in [0, 0.05) is 36.1 Å². The molecule has 0 N–H and O–H groups in total. The molecule has 6 heteroatoms. The molecule has 1 aliphatic heterocycles. The Kier molecular flexibility index (Phi) is 6.87. The molecule has 31 heavy (non-hydrogen) atoms. The van der Waals surface area contributed by atoms with Crippen LogP contribution in [0.25, 0.3) is 6.08 Å². The van der Waals surface area contributed by atoms with E-state index in [4.69, 9.17) is 4.74 Å². The number of piperidine rings is 1. The maximum absolute atomic E-state index is 12.7. The summed E-state index contributed by atoms with van der Waals surface area (Å²) in [6.45, 7) is 2.79. The number of ether oxygens (including phenoxy) is 1.